The van der Waals surface area contributed by atoms with Crippen molar-refractivity contribution < 1.29 is 17.6 Å². The van der Waals surface area contributed by atoms with Gasteiger partial charge in [-0.15, -0.1) is 0 Å². The highest BCUT2D eigenvalue weighted by molar-refractivity contribution is 5.85. The van der Waals surface area contributed by atoms with Crippen LogP contribution in [-0.2, 0) is 19.3 Å². The van der Waals surface area contributed by atoms with E-state index in [4.69, 9.17) is 0 Å². The molecule has 0 saturated carbocycles. The number of hydrogen-bond acceptors (Lipinski definition) is 0. The minimum absolute atomic E-state index is 0.0461. The monoisotopic (exact) mass is 424 g/mol. The van der Waals surface area contributed by atoms with E-state index in [-0.39, 0.29) is 22.5 Å². The molecular weight excluding hydrogens is 400 g/mol. The third kappa shape index (κ3) is 4.04. The number of allylic oxidation sites excluding steroid dienone is 1. The van der Waals surface area contributed by atoms with Gasteiger partial charge in [-0.25, -0.2) is 17.6 Å². The Bertz CT molecular complexity index is 1170. The molecule has 3 aromatic rings. The predicted molar refractivity (Wildman–Crippen MR) is 118 cm³/mol. The van der Waals surface area contributed by atoms with Crippen LogP contribution in [0.4, 0.5) is 17.6 Å². The number of benzene rings is 3. The highest BCUT2D eigenvalue weighted by Crippen LogP contribution is 2.36. The first-order valence-corrected chi connectivity index (χ1v) is 10.7. The quantitative estimate of drug-likeness (QED) is 0.365. The smallest absolute Gasteiger partial charge is 0.167 e. The summed E-state index contributed by atoms with van der Waals surface area (Å²) in [6, 6.07) is 11.1. The third-order valence-corrected chi connectivity index (χ3v) is 5.97. The molecular formula is C27H24F4. The summed E-state index contributed by atoms with van der Waals surface area (Å²) in [5.41, 5.74) is 4.00. The Balaban J connectivity index is 1.72. The van der Waals surface area contributed by atoms with Gasteiger partial charge in [-0.2, -0.15) is 0 Å². The van der Waals surface area contributed by atoms with E-state index in [0.717, 1.165) is 29.5 Å². The summed E-state index contributed by atoms with van der Waals surface area (Å²) < 4.78 is 58.4. The van der Waals surface area contributed by atoms with Gasteiger partial charge in [-0.05, 0) is 71.7 Å². The molecule has 0 spiro atoms. The average Bonchev–Trinajstić information content (AvgIpc) is 2.75. The van der Waals surface area contributed by atoms with Crippen LogP contribution >= 0.6 is 0 Å². The van der Waals surface area contributed by atoms with Crippen LogP contribution in [0.25, 0.3) is 22.8 Å². The Hall–Kier alpha value is -2.88. The van der Waals surface area contributed by atoms with Gasteiger partial charge in [0.1, 0.15) is 11.6 Å². The second-order valence-electron chi connectivity index (χ2n) is 8.02. The zero-order valence-corrected chi connectivity index (χ0v) is 17.7. The van der Waals surface area contributed by atoms with Gasteiger partial charge in [0, 0.05) is 16.7 Å². The summed E-state index contributed by atoms with van der Waals surface area (Å²) in [6.07, 6.45) is 5.08. The molecule has 0 atom stereocenters. The molecule has 31 heavy (non-hydrogen) atoms. The average molecular weight is 424 g/mol. The Morgan fingerprint density at radius 3 is 2.19 bits per heavy atom. The molecule has 160 valence electrons. The summed E-state index contributed by atoms with van der Waals surface area (Å²) in [5.74, 6) is -2.86. The fraction of sp³-hybridized carbons (Fsp3) is 0.259. The van der Waals surface area contributed by atoms with Crippen molar-refractivity contribution in [1.29, 1.82) is 0 Å². The number of fused-ring (bicyclic) bond motifs is 1. The topological polar surface area (TPSA) is 0 Å². The van der Waals surface area contributed by atoms with Gasteiger partial charge in [0.2, 0.25) is 0 Å². The summed E-state index contributed by atoms with van der Waals surface area (Å²) >= 11 is 0. The molecule has 0 nitrogen and oxygen atoms in total. The van der Waals surface area contributed by atoms with E-state index in [2.05, 4.69) is 0 Å². The van der Waals surface area contributed by atoms with Crippen molar-refractivity contribution in [2.75, 3.05) is 0 Å². The third-order valence-electron chi connectivity index (χ3n) is 5.97. The Labute approximate surface area is 180 Å². The standard InChI is InChI=1S/C27H24F4/c1-3-5-16-6-10-21(24(28)12-16)19-8-7-18-14-23(25(29)15-20(18)13-19)22-11-9-17(4-2)26(30)27(22)31/h6,9-15H,3-5,7-8H2,1-2H3. The zero-order valence-electron chi connectivity index (χ0n) is 17.7. The maximum absolute atomic E-state index is 14.9. The number of halogens is 4. The maximum Gasteiger partial charge on any atom is 0.167 e. The van der Waals surface area contributed by atoms with Crippen LogP contribution in [0, 0.1) is 23.3 Å². The van der Waals surface area contributed by atoms with Crippen LogP contribution in [0.3, 0.4) is 0 Å². The molecule has 0 N–H and O–H groups in total. The van der Waals surface area contributed by atoms with Crippen LogP contribution in [0.1, 0.15) is 54.5 Å². The van der Waals surface area contributed by atoms with E-state index in [1.54, 1.807) is 31.2 Å². The molecule has 0 bridgehead atoms. The van der Waals surface area contributed by atoms with Crippen molar-refractivity contribution in [3.63, 3.8) is 0 Å². The van der Waals surface area contributed by atoms with E-state index >= 15 is 0 Å². The van der Waals surface area contributed by atoms with Gasteiger partial charge in [0.15, 0.2) is 11.6 Å². The van der Waals surface area contributed by atoms with Gasteiger partial charge in [0.25, 0.3) is 0 Å². The normalized spacial score (nSPS) is 13.2. The lowest BCUT2D eigenvalue weighted by molar-refractivity contribution is 0.501. The van der Waals surface area contributed by atoms with E-state index < -0.39 is 17.5 Å². The van der Waals surface area contributed by atoms with Crippen molar-refractivity contribution in [3.8, 4) is 11.1 Å². The highest BCUT2D eigenvalue weighted by Gasteiger charge is 2.21. The Morgan fingerprint density at radius 1 is 0.742 bits per heavy atom. The molecule has 4 heteroatoms. The number of hydrogen-bond donors (Lipinski definition) is 0. The van der Waals surface area contributed by atoms with Crippen molar-refractivity contribution in [3.05, 3.63) is 93.6 Å². The molecule has 0 fully saturated rings. The second kappa shape index (κ2) is 8.70. The van der Waals surface area contributed by atoms with Crippen LogP contribution in [-0.4, -0.2) is 0 Å². The minimum atomic E-state index is -1.03. The molecule has 3 aromatic carbocycles. The molecule has 4 rings (SSSR count). The fourth-order valence-corrected chi connectivity index (χ4v) is 4.27. The molecule has 0 heterocycles. The highest BCUT2D eigenvalue weighted by atomic mass is 19.2. The first kappa shape index (κ1) is 21.4. The van der Waals surface area contributed by atoms with E-state index in [1.165, 1.54) is 18.2 Å². The van der Waals surface area contributed by atoms with Crippen molar-refractivity contribution in [2.24, 2.45) is 0 Å². The lowest BCUT2D eigenvalue weighted by atomic mass is 9.86. The van der Waals surface area contributed by atoms with Crippen molar-refractivity contribution in [2.45, 2.75) is 46.0 Å². The van der Waals surface area contributed by atoms with Crippen LogP contribution in [0.5, 0.6) is 0 Å². The lowest BCUT2D eigenvalue weighted by Crippen LogP contribution is -2.04. The zero-order chi connectivity index (χ0) is 22.1. The summed E-state index contributed by atoms with van der Waals surface area (Å²) in [5, 5.41) is 0. The number of rotatable bonds is 5. The first-order valence-electron chi connectivity index (χ1n) is 10.7. The largest absolute Gasteiger partial charge is 0.206 e. The predicted octanol–water partition coefficient (Wildman–Crippen LogP) is 7.91. The molecule has 0 aromatic heterocycles. The molecule has 1 aliphatic rings. The van der Waals surface area contributed by atoms with E-state index in [0.29, 0.717) is 30.4 Å². The molecule has 0 unspecified atom stereocenters. The van der Waals surface area contributed by atoms with E-state index in [9.17, 15) is 17.6 Å². The minimum Gasteiger partial charge on any atom is -0.206 e. The van der Waals surface area contributed by atoms with Crippen LogP contribution in [0.2, 0.25) is 0 Å². The molecule has 1 aliphatic carbocycles. The van der Waals surface area contributed by atoms with E-state index in [1.807, 2.05) is 13.0 Å². The van der Waals surface area contributed by atoms with Gasteiger partial charge < -0.3 is 0 Å². The second-order valence-corrected chi connectivity index (χ2v) is 8.02. The maximum atomic E-state index is 14.9. The Kier molecular flexibility index (Phi) is 5.99. The SMILES string of the molecule is CCCc1ccc(C2=Cc3cc(F)c(-c4ccc(CC)c(F)c4F)cc3CC2)c(F)c1. The molecule has 0 amide bonds. The summed E-state index contributed by atoms with van der Waals surface area (Å²) in [4.78, 5) is 0. The molecule has 0 saturated heterocycles. The van der Waals surface area contributed by atoms with Crippen molar-refractivity contribution in [1.82, 2.24) is 0 Å². The van der Waals surface area contributed by atoms with Gasteiger partial charge >= 0.3 is 0 Å². The van der Waals surface area contributed by atoms with Gasteiger partial charge in [0.05, 0.1) is 0 Å². The fourth-order valence-electron chi connectivity index (χ4n) is 4.27. The summed E-state index contributed by atoms with van der Waals surface area (Å²) in [6.45, 7) is 3.79. The van der Waals surface area contributed by atoms with Crippen LogP contribution < -0.4 is 0 Å². The summed E-state index contributed by atoms with van der Waals surface area (Å²) in [7, 11) is 0. The number of aryl methyl sites for hydroxylation is 3. The lowest BCUT2D eigenvalue weighted by Gasteiger charge is -2.19. The van der Waals surface area contributed by atoms with Gasteiger partial charge in [-0.1, -0.05) is 50.6 Å². The molecule has 0 aliphatic heterocycles. The first-order chi connectivity index (χ1) is 14.9. The van der Waals surface area contributed by atoms with Crippen LogP contribution in [0.15, 0.2) is 42.5 Å². The Morgan fingerprint density at radius 2 is 1.48 bits per heavy atom. The molecule has 0 radical (unpaired) electrons. The van der Waals surface area contributed by atoms with Gasteiger partial charge in [-0.3, -0.25) is 0 Å². The van der Waals surface area contributed by atoms with Crippen molar-refractivity contribution >= 4 is 11.6 Å².